The molecule has 0 fully saturated rings. The SMILES string of the molecule is COc1ccc(P(=S)(OCCS)SCCS)cc1. The first-order valence-electron chi connectivity index (χ1n) is 5.41. The van der Waals surface area contributed by atoms with Gasteiger partial charge in [0.05, 0.1) is 13.7 Å². The number of benzene rings is 1. The highest BCUT2D eigenvalue weighted by Gasteiger charge is 2.21. The summed E-state index contributed by atoms with van der Waals surface area (Å²) >= 11 is 15.8. The van der Waals surface area contributed by atoms with Gasteiger partial charge >= 0.3 is 0 Å². The van der Waals surface area contributed by atoms with Crippen molar-refractivity contribution in [2.75, 3.05) is 31.0 Å². The Morgan fingerprint density at radius 1 is 1.22 bits per heavy atom. The molecule has 0 radical (unpaired) electrons. The Balaban J connectivity index is 2.89. The Kier molecular flexibility index (Phi) is 8.16. The maximum Gasteiger partial charge on any atom is 0.148 e. The predicted octanol–water partition coefficient (Wildman–Crippen LogP) is 3.24. The molecule has 0 spiro atoms. The predicted molar refractivity (Wildman–Crippen MR) is 93.0 cm³/mol. The van der Waals surface area contributed by atoms with Gasteiger partial charge in [0.25, 0.3) is 0 Å². The lowest BCUT2D eigenvalue weighted by Gasteiger charge is -2.21. The number of hydrogen-bond donors (Lipinski definition) is 2. The molecule has 1 aromatic carbocycles. The molecule has 0 aliphatic carbocycles. The standard InChI is InChI=1S/C11H17O2PS4/c1-12-10-2-4-11(5-3-10)14(17,13-6-7-15)18-9-8-16/h2-5,15-16H,6-9H2,1H3. The van der Waals surface area contributed by atoms with Crippen LogP contribution < -0.4 is 10.0 Å². The molecule has 1 atom stereocenters. The van der Waals surface area contributed by atoms with Crippen molar-refractivity contribution < 1.29 is 9.26 Å². The van der Waals surface area contributed by atoms with Crippen LogP contribution >= 0.6 is 42.1 Å². The molecule has 2 nitrogen and oxygen atoms in total. The smallest absolute Gasteiger partial charge is 0.148 e. The van der Waals surface area contributed by atoms with Crippen LogP contribution in [0.25, 0.3) is 0 Å². The van der Waals surface area contributed by atoms with Gasteiger partial charge in [-0.25, -0.2) is 0 Å². The third kappa shape index (κ3) is 4.99. The van der Waals surface area contributed by atoms with E-state index in [1.807, 2.05) is 24.3 Å². The molecular weight excluding hydrogens is 323 g/mol. The fraction of sp³-hybridized carbons (Fsp3) is 0.455. The lowest BCUT2D eigenvalue weighted by Crippen LogP contribution is -2.07. The minimum absolute atomic E-state index is 0.575. The van der Waals surface area contributed by atoms with Crippen LogP contribution in [-0.4, -0.2) is 31.0 Å². The highest BCUT2D eigenvalue weighted by molar-refractivity contribution is 8.71. The zero-order valence-corrected chi connectivity index (χ0v) is 14.4. The van der Waals surface area contributed by atoms with Crippen molar-refractivity contribution in [2.45, 2.75) is 0 Å². The van der Waals surface area contributed by atoms with Gasteiger partial charge in [0, 0.05) is 16.8 Å². The van der Waals surface area contributed by atoms with Gasteiger partial charge in [0.1, 0.15) is 11.2 Å². The average molecular weight is 340 g/mol. The van der Waals surface area contributed by atoms with Gasteiger partial charge in [0.2, 0.25) is 0 Å². The van der Waals surface area contributed by atoms with Crippen molar-refractivity contribution in [1.29, 1.82) is 0 Å². The second-order valence-electron chi connectivity index (χ2n) is 3.31. The van der Waals surface area contributed by atoms with Crippen LogP contribution in [0, 0.1) is 0 Å². The van der Waals surface area contributed by atoms with Gasteiger partial charge in [-0.1, -0.05) is 23.2 Å². The van der Waals surface area contributed by atoms with E-state index in [1.165, 1.54) is 0 Å². The van der Waals surface area contributed by atoms with Crippen molar-refractivity contribution in [3.05, 3.63) is 24.3 Å². The molecule has 1 aromatic rings. The molecule has 0 N–H and O–H groups in total. The van der Waals surface area contributed by atoms with E-state index in [0.717, 1.165) is 22.6 Å². The summed E-state index contributed by atoms with van der Waals surface area (Å²) in [6.07, 6.45) is 0. The molecule has 0 heterocycles. The van der Waals surface area contributed by atoms with E-state index in [9.17, 15) is 0 Å². The summed E-state index contributed by atoms with van der Waals surface area (Å²) in [7, 11) is 1.65. The normalized spacial score (nSPS) is 14.2. The van der Waals surface area contributed by atoms with E-state index >= 15 is 0 Å². The van der Waals surface area contributed by atoms with Crippen molar-refractivity contribution in [3.8, 4) is 5.75 Å². The van der Waals surface area contributed by atoms with Crippen molar-refractivity contribution in [3.63, 3.8) is 0 Å². The van der Waals surface area contributed by atoms with Crippen LogP contribution in [0.4, 0.5) is 0 Å². The first kappa shape index (κ1) is 16.7. The maximum absolute atomic E-state index is 5.88. The average Bonchev–Trinajstić information content (AvgIpc) is 2.43. The number of methoxy groups -OCH3 is 1. The number of rotatable bonds is 8. The minimum Gasteiger partial charge on any atom is -0.497 e. The summed E-state index contributed by atoms with van der Waals surface area (Å²) in [5, 5.41) is 1.06. The fourth-order valence-corrected chi connectivity index (χ4v) is 7.27. The highest BCUT2D eigenvalue weighted by atomic mass is 32.9. The summed E-state index contributed by atoms with van der Waals surface area (Å²) in [4.78, 5) is 0. The van der Waals surface area contributed by atoms with Crippen LogP contribution in [0.5, 0.6) is 5.75 Å². The lowest BCUT2D eigenvalue weighted by atomic mass is 10.3. The molecule has 0 saturated carbocycles. The van der Waals surface area contributed by atoms with Gasteiger partial charge in [0.15, 0.2) is 0 Å². The van der Waals surface area contributed by atoms with Gasteiger partial charge < -0.3 is 9.26 Å². The van der Waals surface area contributed by atoms with Crippen LogP contribution in [-0.2, 0) is 16.3 Å². The molecule has 0 bridgehead atoms. The van der Waals surface area contributed by atoms with Gasteiger partial charge in [-0.2, -0.15) is 25.3 Å². The largest absolute Gasteiger partial charge is 0.497 e. The van der Waals surface area contributed by atoms with Crippen molar-refractivity contribution in [1.82, 2.24) is 0 Å². The molecule has 0 saturated heterocycles. The van der Waals surface area contributed by atoms with E-state index in [-0.39, 0.29) is 0 Å². The number of hydrogen-bond acceptors (Lipinski definition) is 6. The molecule has 0 aliphatic heterocycles. The summed E-state index contributed by atoms with van der Waals surface area (Å²) in [5.74, 6) is 3.19. The summed E-state index contributed by atoms with van der Waals surface area (Å²) < 4.78 is 11.0. The third-order valence-corrected chi connectivity index (χ3v) is 9.40. The van der Waals surface area contributed by atoms with E-state index in [2.05, 4.69) is 25.3 Å². The Morgan fingerprint density at radius 3 is 2.39 bits per heavy atom. The van der Waals surface area contributed by atoms with E-state index in [1.54, 1.807) is 18.5 Å². The Morgan fingerprint density at radius 2 is 1.89 bits per heavy atom. The number of ether oxygens (including phenoxy) is 1. The van der Waals surface area contributed by atoms with Crippen LogP contribution in [0.15, 0.2) is 24.3 Å². The second kappa shape index (κ2) is 8.77. The van der Waals surface area contributed by atoms with Crippen molar-refractivity contribution >= 4 is 59.2 Å². The van der Waals surface area contributed by atoms with Crippen LogP contribution in [0.3, 0.4) is 0 Å². The fourth-order valence-electron chi connectivity index (χ4n) is 1.27. The summed E-state index contributed by atoms with van der Waals surface area (Å²) in [6.45, 7) is 0.575. The van der Waals surface area contributed by atoms with Crippen molar-refractivity contribution in [2.24, 2.45) is 0 Å². The first-order valence-corrected chi connectivity index (χ1v) is 11.0. The monoisotopic (exact) mass is 340 g/mol. The zero-order valence-electron chi connectivity index (χ0n) is 10.1. The summed E-state index contributed by atoms with van der Waals surface area (Å²) in [6, 6.07) is 7.82. The van der Waals surface area contributed by atoms with Crippen LogP contribution in [0.1, 0.15) is 0 Å². The molecule has 102 valence electrons. The first-order chi connectivity index (χ1) is 8.66. The molecule has 1 rings (SSSR count). The Hall–Kier alpha value is 0.680. The second-order valence-corrected chi connectivity index (χ2v) is 11.2. The Labute approximate surface area is 129 Å². The van der Waals surface area contributed by atoms with E-state index < -0.39 is 5.47 Å². The Bertz CT molecular complexity index is 385. The highest BCUT2D eigenvalue weighted by Crippen LogP contribution is 2.58. The molecule has 0 aliphatic rings. The van der Waals surface area contributed by atoms with Gasteiger partial charge in [-0.05, 0) is 30.0 Å². The summed E-state index contributed by atoms with van der Waals surface area (Å²) in [5.41, 5.74) is -2.04. The molecule has 7 heteroatoms. The molecule has 18 heavy (non-hydrogen) atoms. The molecule has 0 aromatic heterocycles. The lowest BCUT2D eigenvalue weighted by molar-refractivity contribution is 0.394. The molecule has 0 amide bonds. The third-order valence-electron chi connectivity index (χ3n) is 2.09. The molecular formula is C11H17O2PS4. The quantitative estimate of drug-likeness (QED) is 0.559. The van der Waals surface area contributed by atoms with Gasteiger partial charge in [-0.15, -0.1) is 0 Å². The van der Waals surface area contributed by atoms with Crippen LogP contribution in [0.2, 0.25) is 0 Å². The van der Waals surface area contributed by atoms with Gasteiger partial charge in [-0.3, -0.25) is 0 Å². The molecule has 1 unspecified atom stereocenters. The number of thiol groups is 2. The van der Waals surface area contributed by atoms with E-state index in [0.29, 0.717) is 12.4 Å². The topological polar surface area (TPSA) is 18.5 Å². The zero-order chi connectivity index (χ0) is 13.4. The van der Waals surface area contributed by atoms with E-state index in [4.69, 9.17) is 21.1 Å². The minimum atomic E-state index is -2.04. The maximum atomic E-state index is 5.88.